The second-order valence-corrected chi connectivity index (χ2v) is 11.5. The minimum Gasteiger partial charge on any atom is -0.361 e. The monoisotopic (exact) mass is 555 g/mol. The van der Waals surface area contributed by atoms with Crippen LogP contribution in [0.1, 0.15) is 89.7 Å². The van der Waals surface area contributed by atoms with E-state index in [1.165, 1.54) is 42.7 Å². The highest BCUT2D eigenvalue weighted by atomic mass is 16.2. The number of nitrogens with two attached hydrogens (primary N) is 1. The third kappa shape index (κ3) is 13.2. The molecule has 1 heterocycles. The highest BCUT2D eigenvalue weighted by Gasteiger charge is 2.21. The molecule has 0 saturated heterocycles. The van der Waals surface area contributed by atoms with Crippen molar-refractivity contribution in [2.75, 3.05) is 26.2 Å². The Morgan fingerprint density at radius 3 is 2.60 bits per heavy atom. The maximum atomic E-state index is 13.4. The van der Waals surface area contributed by atoms with Crippen molar-refractivity contribution in [1.82, 2.24) is 20.9 Å². The summed E-state index contributed by atoms with van der Waals surface area (Å²) in [6.07, 6.45) is 11.0. The summed E-state index contributed by atoms with van der Waals surface area (Å²) in [6, 6.07) is 6.29. The van der Waals surface area contributed by atoms with Crippen molar-refractivity contribution in [2.45, 2.75) is 104 Å². The zero-order valence-corrected chi connectivity index (χ0v) is 25.2. The summed E-state index contributed by atoms with van der Waals surface area (Å²) in [6.45, 7) is 9.94. The van der Waals surface area contributed by atoms with Gasteiger partial charge in [0, 0.05) is 49.5 Å². The first-order valence-corrected chi connectivity index (χ1v) is 15.2. The molecule has 6 N–H and O–H groups in total. The molecule has 3 atom stereocenters. The average Bonchev–Trinajstić information content (AvgIpc) is 3.29. The minimum absolute atomic E-state index is 0.00277. The Hall–Kier alpha value is -2.55. The summed E-state index contributed by atoms with van der Waals surface area (Å²) in [5.74, 6) is 0.207. The molecule has 2 rings (SSSR count). The van der Waals surface area contributed by atoms with E-state index in [1.54, 1.807) is 0 Å². The molecule has 2 aromatic rings. The number of fused-ring (bicyclic) bond motifs is 1. The average molecular weight is 556 g/mol. The summed E-state index contributed by atoms with van der Waals surface area (Å²) in [5.41, 5.74) is 9.88. The molecular weight excluding hydrogens is 502 g/mol. The summed E-state index contributed by atoms with van der Waals surface area (Å²) >= 11 is 0. The van der Waals surface area contributed by atoms with Gasteiger partial charge < -0.3 is 26.7 Å². The van der Waals surface area contributed by atoms with Crippen LogP contribution in [0.2, 0.25) is 0 Å². The number of carbonyl (C=O) groups excluding carboxylic acids is 3. The van der Waals surface area contributed by atoms with E-state index in [1.807, 2.05) is 0 Å². The van der Waals surface area contributed by atoms with Crippen LogP contribution in [0, 0.1) is 12.8 Å². The first-order valence-electron chi connectivity index (χ1n) is 15.2. The molecular formula is C32H53N5O3. The van der Waals surface area contributed by atoms with Gasteiger partial charge in [-0.25, -0.2) is 0 Å². The molecule has 0 fully saturated rings. The van der Waals surface area contributed by atoms with Gasteiger partial charge in [-0.3, -0.25) is 14.4 Å². The number of nitrogens with one attached hydrogen (secondary N) is 4. The maximum absolute atomic E-state index is 13.4. The van der Waals surface area contributed by atoms with Gasteiger partial charge in [-0.15, -0.1) is 0 Å². The van der Waals surface area contributed by atoms with Gasteiger partial charge in [0.25, 0.3) is 0 Å². The Morgan fingerprint density at radius 2 is 1.85 bits per heavy atom. The normalized spacial score (nSPS) is 13.7. The smallest absolute Gasteiger partial charge is 0.217 e. The van der Waals surface area contributed by atoms with Crippen molar-refractivity contribution in [2.24, 2.45) is 11.7 Å². The van der Waals surface area contributed by atoms with Gasteiger partial charge in [-0.1, -0.05) is 51.7 Å². The predicted molar refractivity (Wildman–Crippen MR) is 164 cm³/mol. The number of hydrogen-bond donors (Lipinski definition) is 5. The van der Waals surface area contributed by atoms with Crippen LogP contribution in [0.15, 0.2) is 24.4 Å². The predicted octanol–water partition coefficient (Wildman–Crippen LogP) is 4.34. The molecule has 0 saturated carbocycles. The summed E-state index contributed by atoms with van der Waals surface area (Å²) < 4.78 is 0. The van der Waals surface area contributed by atoms with Crippen molar-refractivity contribution in [3.63, 3.8) is 0 Å². The molecule has 224 valence electrons. The second-order valence-electron chi connectivity index (χ2n) is 11.5. The lowest BCUT2D eigenvalue weighted by atomic mass is 9.92. The molecule has 0 spiro atoms. The van der Waals surface area contributed by atoms with Crippen LogP contribution in [0.5, 0.6) is 0 Å². The van der Waals surface area contributed by atoms with Gasteiger partial charge in [0.2, 0.25) is 5.91 Å². The highest BCUT2D eigenvalue weighted by Crippen LogP contribution is 2.23. The third-order valence-corrected chi connectivity index (χ3v) is 7.43. The molecule has 8 heteroatoms. The van der Waals surface area contributed by atoms with Crippen LogP contribution in [0.4, 0.5) is 0 Å². The number of rotatable bonds is 22. The topological polar surface area (TPSA) is 129 Å². The van der Waals surface area contributed by atoms with Gasteiger partial charge in [-0.05, 0) is 68.8 Å². The Morgan fingerprint density at radius 1 is 1.05 bits per heavy atom. The van der Waals surface area contributed by atoms with Gasteiger partial charge in [0.05, 0.1) is 12.6 Å². The largest absolute Gasteiger partial charge is 0.361 e. The van der Waals surface area contributed by atoms with Gasteiger partial charge in [-0.2, -0.15) is 0 Å². The van der Waals surface area contributed by atoms with Crippen LogP contribution in [-0.4, -0.2) is 60.7 Å². The second kappa shape index (κ2) is 18.7. The Labute approximate surface area is 241 Å². The number of amides is 1. The van der Waals surface area contributed by atoms with E-state index in [2.05, 4.69) is 66.1 Å². The number of Topliss-reactive ketones (excluding diaryl/α,β-unsaturated/α-hetero) is 2. The van der Waals surface area contributed by atoms with E-state index in [9.17, 15) is 14.4 Å². The SMILES string of the molecule is CCCCCC[C@H](N)CNCC[C@H](NCCCC(=O)CNC(C)=O)C(=O)C[C@@H](C)Cc1c[nH]c2cc(C)ccc12. The van der Waals surface area contributed by atoms with Crippen molar-refractivity contribution >= 4 is 28.4 Å². The van der Waals surface area contributed by atoms with Crippen LogP contribution in [0.25, 0.3) is 10.9 Å². The van der Waals surface area contributed by atoms with E-state index in [-0.39, 0.29) is 42.0 Å². The number of aromatic nitrogens is 1. The first-order chi connectivity index (χ1) is 19.2. The number of ketones is 2. The van der Waals surface area contributed by atoms with E-state index >= 15 is 0 Å². The Balaban J connectivity index is 1.85. The van der Waals surface area contributed by atoms with Crippen LogP contribution in [-0.2, 0) is 20.8 Å². The Bertz CT molecular complexity index is 1050. The molecule has 0 radical (unpaired) electrons. The van der Waals surface area contributed by atoms with Gasteiger partial charge in [0.1, 0.15) is 5.78 Å². The molecule has 0 aliphatic heterocycles. The van der Waals surface area contributed by atoms with E-state index in [0.717, 1.165) is 31.3 Å². The Kier molecular flexibility index (Phi) is 15.8. The van der Waals surface area contributed by atoms with E-state index < -0.39 is 0 Å². The quantitative estimate of drug-likeness (QED) is 0.138. The van der Waals surface area contributed by atoms with E-state index in [0.29, 0.717) is 38.8 Å². The minimum atomic E-state index is -0.271. The van der Waals surface area contributed by atoms with Crippen molar-refractivity contribution < 1.29 is 14.4 Å². The molecule has 0 unspecified atom stereocenters. The van der Waals surface area contributed by atoms with Crippen LogP contribution < -0.4 is 21.7 Å². The third-order valence-electron chi connectivity index (χ3n) is 7.43. The molecule has 1 aromatic heterocycles. The number of benzene rings is 1. The number of unbranched alkanes of at least 4 members (excludes halogenated alkanes) is 3. The molecule has 0 aliphatic rings. The van der Waals surface area contributed by atoms with E-state index in [4.69, 9.17) is 5.73 Å². The molecule has 1 aromatic carbocycles. The fraction of sp³-hybridized carbons (Fsp3) is 0.656. The van der Waals surface area contributed by atoms with Crippen molar-refractivity contribution in [3.8, 4) is 0 Å². The lowest BCUT2D eigenvalue weighted by Gasteiger charge is -2.21. The maximum Gasteiger partial charge on any atom is 0.217 e. The number of aromatic amines is 1. The summed E-state index contributed by atoms with van der Waals surface area (Å²) in [4.78, 5) is 39.8. The molecule has 40 heavy (non-hydrogen) atoms. The molecule has 8 nitrogen and oxygen atoms in total. The molecule has 0 bridgehead atoms. The summed E-state index contributed by atoms with van der Waals surface area (Å²) in [5, 5.41) is 10.6. The standard InChI is InChI=1S/C32H53N5O3/c1-5-6-7-8-10-27(33)21-34-16-14-30(35-15-9-11-28(39)22-36-25(4)38)32(40)19-24(3)17-26-20-37-31-18-23(2)12-13-29(26)31/h12-13,18,20,24,27,30,34-35,37H,5-11,14-17,19,21-22,33H2,1-4H3,(H,36,38)/t24-,27-,30-/m0/s1. The van der Waals surface area contributed by atoms with Crippen LogP contribution >= 0.6 is 0 Å². The van der Waals surface area contributed by atoms with Crippen molar-refractivity contribution in [1.29, 1.82) is 0 Å². The molecule has 1 amide bonds. The zero-order valence-electron chi connectivity index (χ0n) is 25.2. The number of carbonyl (C=O) groups is 3. The summed E-state index contributed by atoms with van der Waals surface area (Å²) in [7, 11) is 0. The lowest BCUT2D eigenvalue weighted by molar-refractivity contribution is -0.124. The highest BCUT2D eigenvalue weighted by molar-refractivity contribution is 5.86. The zero-order chi connectivity index (χ0) is 29.3. The molecule has 0 aliphatic carbocycles. The van der Waals surface area contributed by atoms with Gasteiger partial charge >= 0.3 is 0 Å². The van der Waals surface area contributed by atoms with Gasteiger partial charge in [0.15, 0.2) is 5.78 Å². The first kappa shape index (κ1) is 33.7. The fourth-order valence-corrected chi connectivity index (χ4v) is 5.12. The number of hydrogen-bond acceptors (Lipinski definition) is 6. The number of H-pyrrole nitrogens is 1. The van der Waals surface area contributed by atoms with Crippen LogP contribution in [0.3, 0.4) is 0 Å². The lowest BCUT2D eigenvalue weighted by Crippen LogP contribution is -2.42. The van der Waals surface area contributed by atoms with Crippen molar-refractivity contribution in [3.05, 3.63) is 35.5 Å². The number of aryl methyl sites for hydroxylation is 1. The fourth-order valence-electron chi connectivity index (χ4n) is 5.12.